The van der Waals surface area contributed by atoms with Crippen LogP contribution in [0.3, 0.4) is 0 Å². The summed E-state index contributed by atoms with van der Waals surface area (Å²) in [4.78, 5) is 11.8. The summed E-state index contributed by atoms with van der Waals surface area (Å²) in [7, 11) is 0. The molecular formula is C12H18INO2S. The van der Waals surface area contributed by atoms with Crippen LogP contribution in [0.15, 0.2) is 11.4 Å². The van der Waals surface area contributed by atoms with Crippen molar-refractivity contribution in [2.24, 2.45) is 5.92 Å². The lowest BCUT2D eigenvalue weighted by Gasteiger charge is -2.25. The number of rotatable bonds is 5. The zero-order valence-electron chi connectivity index (χ0n) is 10.3. The maximum atomic E-state index is 11.8. The highest BCUT2D eigenvalue weighted by molar-refractivity contribution is 14.1. The van der Waals surface area contributed by atoms with Crippen molar-refractivity contribution in [3.8, 4) is 0 Å². The highest BCUT2D eigenvalue weighted by atomic mass is 127. The van der Waals surface area contributed by atoms with Gasteiger partial charge in [-0.05, 0) is 47.9 Å². The third-order valence-corrected chi connectivity index (χ3v) is 4.10. The molecule has 0 bridgehead atoms. The molecule has 17 heavy (non-hydrogen) atoms. The Morgan fingerprint density at radius 1 is 1.65 bits per heavy atom. The molecule has 0 saturated carbocycles. The van der Waals surface area contributed by atoms with Gasteiger partial charge in [-0.3, -0.25) is 4.79 Å². The Kier molecular flexibility index (Phi) is 5.40. The normalized spacial score (nSPS) is 14.7. The summed E-state index contributed by atoms with van der Waals surface area (Å²) in [6.07, 6.45) is 0.675. The maximum absolute atomic E-state index is 11.8. The van der Waals surface area contributed by atoms with Gasteiger partial charge in [-0.1, -0.05) is 13.8 Å². The second kappa shape index (κ2) is 6.15. The van der Waals surface area contributed by atoms with Crippen molar-refractivity contribution < 1.29 is 9.90 Å². The van der Waals surface area contributed by atoms with Crippen LogP contribution >= 0.6 is 33.9 Å². The van der Waals surface area contributed by atoms with E-state index in [9.17, 15) is 9.90 Å². The van der Waals surface area contributed by atoms with Crippen LogP contribution in [-0.2, 0) is 0 Å². The van der Waals surface area contributed by atoms with Crippen LogP contribution in [0.1, 0.15) is 37.6 Å². The number of hydrogen-bond donors (Lipinski definition) is 2. The van der Waals surface area contributed by atoms with E-state index in [0.717, 1.165) is 2.88 Å². The number of nitrogens with one attached hydrogen (secondary N) is 1. The number of carbonyl (C=O) groups is 1. The van der Waals surface area contributed by atoms with Gasteiger partial charge in [-0.15, -0.1) is 11.3 Å². The van der Waals surface area contributed by atoms with E-state index in [2.05, 4.69) is 41.8 Å². The van der Waals surface area contributed by atoms with Crippen molar-refractivity contribution in [1.29, 1.82) is 0 Å². The van der Waals surface area contributed by atoms with E-state index in [1.54, 1.807) is 18.3 Å². The second-order valence-electron chi connectivity index (χ2n) is 4.92. The van der Waals surface area contributed by atoms with Gasteiger partial charge in [0.1, 0.15) is 0 Å². The van der Waals surface area contributed by atoms with Gasteiger partial charge in [0, 0.05) is 11.9 Å². The van der Waals surface area contributed by atoms with E-state index >= 15 is 0 Å². The van der Waals surface area contributed by atoms with Gasteiger partial charge in [0.2, 0.25) is 0 Å². The van der Waals surface area contributed by atoms with Crippen molar-refractivity contribution in [2.75, 3.05) is 6.54 Å². The Hall–Kier alpha value is -0.140. The van der Waals surface area contributed by atoms with Gasteiger partial charge in [0.05, 0.1) is 14.0 Å². The predicted molar refractivity (Wildman–Crippen MR) is 79.4 cm³/mol. The van der Waals surface area contributed by atoms with E-state index in [1.165, 1.54) is 0 Å². The molecule has 1 amide bonds. The Balaban J connectivity index is 2.48. The fourth-order valence-electron chi connectivity index (χ4n) is 1.75. The van der Waals surface area contributed by atoms with E-state index in [1.807, 2.05) is 11.4 Å². The van der Waals surface area contributed by atoms with Crippen molar-refractivity contribution in [1.82, 2.24) is 5.32 Å². The SMILES string of the molecule is CC(C)CC(C)(O)CNC(=O)c1csc(I)c1. The molecule has 1 aromatic heterocycles. The van der Waals surface area contributed by atoms with Crippen LogP contribution in [0.2, 0.25) is 0 Å². The van der Waals surface area contributed by atoms with E-state index in [4.69, 9.17) is 0 Å². The summed E-state index contributed by atoms with van der Waals surface area (Å²) >= 11 is 3.72. The summed E-state index contributed by atoms with van der Waals surface area (Å²) in [6, 6.07) is 1.84. The quantitative estimate of drug-likeness (QED) is 0.787. The predicted octanol–water partition coefficient (Wildman–Crippen LogP) is 2.88. The third-order valence-electron chi connectivity index (χ3n) is 2.31. The average Bonchev–Trinajstić information content (AvgIpc) is 2.59. The third kappa shape index (κ3) is 5.35. The maximum Gasteiger partial charge on any atom is 0.252 e. The summed E-state index contributed by atoms with van der Waals surface area (Å²) in [5.41, 5.74) is -0.174. The molecule has 0 aromatic carbocycles. The summed E-state index contributed by atoms with van der Waals surface area (Å²) in [5, 5.41) is 14.7. The Labute approximate surface area is 120 Å². The molecule has 0 fully saturated rings. The number of amides is 1. The largest absolute Gasteiger partial charge is 0.388 e. The smallest absolute Gasteiger partial charge is 0.252 e. The molecule has 1 atom stereocenters. The molecule has 0 aliphatic carbocycles. The van der Waals surface area contributed by atoms with Crippen LogP contribution in [0.5, 0.6) is 0 Å². The van der Waals surface area contributed by atoms with Crippen LogP contribution in [0.4, 0.5) is 0 Å². The first-order valence-electron chi connectivity index (χ1n) is 5.55. The second-order valence-corrected chi connectivity index (χ2v) is 7.72. The van der Waals surface area contributed by atoms with Gasteiger partial charge in [-0.2, -0.15) is 0 Å². The summed E-state index contributed by atoms with van der Waals surface area (Å²) < 4.78 is 1.08. The van der Waals surface area contributed by atoms with Crippen molar-refractivity contribution in [3.05, 3.63) is 19.9 Å². The first kappa shape index (κ1) is 14.9. The Bertz CT molecular complexity index is 388. The van der Waals surface area contributed by atoms with Gasteiger partial charge in [0.15, 0.2) is 0 Å². The molecule has 0 aliphatic rings. The molecule has 1 rings (SSSR count). The number of carbonyl (C=O) groups excluding carboxylic acids is 1. The van der Waals surface area contributed by atoms with E-state index < -0.39 is 5.60 Å². The highest BCUT2D eigenvalue weighted by Crippen LogP contribution is 2.18. The molecule has 3 nitrogen and oxygen atoms in total. The molecular weight excluding hydrogens is 349 g/mol. The molecule has 96 valence electrons. The lowest BCUT2D eigenvalue weighted by molar-refractivity contribution is 0.0368. The Morgan fingerprint density at radius 3 is 2.76 bits per heavy atom. The van der Waals surface area contributed by atoms with E-state index in [-0.39, 0.29) is 12.5 Å². The minimum atomic E-state index is -0.840. The highest BCUT2D eigenvalue weighted by Gasteiger charge is 2.22. The fourth-order valence-corrected chi connectivity index (χ4v) is 3.08. The van der Waals surface area contributed by atoms with Crippen LogP contribution < -0.4 is 5.32 Å². The molecule has 5 heteroatoms. The fraction of sp³-hybridized carbons (Fsp3) is 0.583. The van der Waals surface area contributed by atoms with Gasteiger partial charge in [-0.25, -0.2) is 0 Å². The monoisotopic (exact) mass is 367 g/mol. The first-order valence-corrected chi connectivity index (χ1v) is 7.50. The lowest BCUT2D eigenvalue weighted by Crippen LogP contribution is -2.41. The topological polar surface area (TPSA) is 49.3 Å². The molecule has 1 heterocycles. The zero-order chi connectivity index (χ0) is 13.1. The molecule has 1 unspecified atom stereocenters. The van der Waals surface area contributed by atoms with Crippen LogP contribution in [0, 0.1) is 8.80 Å². The van der Waals surface area contributed by atoms with Crippen LogP contribution in [-0.4, -0.2) is 23.2 Å². The Morgan fingerprint density at radius 2 is 2.29 bits per heavy atom. The molecule has 0 saturated heterocycles. The molecule has 0 aliphatic heterocycles. The van der Waals surface area contributed by atoms with Crippen LogP contribution in [0.25, 0.3) is 0 Å². The zero-order valence-corrected chi connectivity index (χ0v) is 13.3. The molecule has 2 N–H and O–H groups in total. The minimum absolute atomic E-state index is 0.117. The van der Waals surface area contributed by atoms with Gasteiger partial charge < -0.3 is 10.4 Å². The van der Waals surface area contributed by atoms with E-state index in [0.29, 0.717) is 17.9 Å². The average molecular weight is 367 g/mol. The number of thiophene rings is 1. The number of aliphatic hydroxyl groups is 1. The molecule has 0 spiro atoms. The minimum Gasteiger partial charge on any atom is -0.388 e. The number of halogens is 1. The summed E-state index contributed by atoms with van der Waals surface area (Å²) in [5.74, 6) is 0.289. The van der Waals surface area contributed by atoms with Crippen molar-refractivity contribution in [3.63, 3.8) is 0 Å². The van der Waals surface area contributed by atoms with Crippen molar-refractivity contribution >= 4 is 39.8 Å². The van der Waals surface area contributed by atoms with Gasteiger partial charge >= 0.3 is 0 Å². The molecule has 0 radical (unpaired) electrons. The first-order chi connectivity index (χ1) is 7.80. The standard InChI is InChI=1S/C12H18INO2S/c1-8(2)5-12(3,16)7-14-11(15)9-4-10(13)17-6-9/h4,6,8,16H,5,7H2,1-3H3,(H,14,15). The number of hydrogen-bond acceptors (Lipinski definition) is 3. The molecule has 1 aromatic rings. The van der Waals surface area contributed by atoms with Crippen molar-refractivity contribution in [2.45, 2.75) is 32.8 Å². The summed E-state index contributed by atoms with van der Waals surface area (Å²) in [6.45, 7) is 6.15. The van der Waals surface area contributed by atoms with Gasteiger partial charge in [0.25, 0.3) is 5.91 Å². The lowest BCUT2D eigenvalue weighted by atomic mass is 9.94.